The molecule has 0 fully saturated rings. The molecule has 154 valence electrons. The van der Waals surface area contributed by atoms with E-state index in [1.54, 1.807) is 22.5 Å². The number of hydrogen-bond acceptors (Lipinski definition) is 7. The van der Waals surface area contributed by atoms with Crippen LogP contribution in [0.3, 0.4) is 0 Å². The Labute approximate surface area is 175 Å². The van der Waals surface area contributed by atoms with Crippen molar-refractivity contribution in [2.24, 2.45) is 0 Å². The molecule has 2 heterocycles. The van der Waals surface area contributed by atoms with Crippen LogP contribution in [-0.2, 0) is 9.53 Å². The number of benzene rings is 1. The van der Waals surface area contributed by atoms with E-state index in [1.165, 1.54) is 0 Å². The van der Waals surface area contributed by atoms with Crippen molar-refractivity contribution in [1.29, 1.82) is 0 Å². The fraction of sp³-hybridized carbons (Fsp3) is 0.381. The van der Waals surface area contributed by atoms with Gasteiger partial charge in [0.2, 0.25) is 11.1 Å². The van der Waals surface area contributed by atoms with Crippen LogP contribution < -0.4 is 10.1 Å². The van der Waals surface area contributed by atoms with E-state index in [1.807, 2.05) is 38.1 Å². The molecule has 0 aliphatic carbocycles. The van der Waals surface area contributed by atoms with Gasteiger partial charge in [-0.3, -0.25) is 0 Å². The maximum absolute atomic E-state index is 12.9. The molecule has 1 aliphatic heterocycles. The van der Waals surface area contributed by atoms with Gasteiger partial charge >= 0.3 is 5.97 Å². The summed E-state index contributed by atoms with van der Waals surface area (Å²) in [4.78, 5) is 17.4. The summed E-state index contributed by atoms with van der Waals surface area (Å²) in [5, 5.41) is 8.49. The molecule has 1 aliphatic rings. The smallest absolute Gasteiger partial charge is 0.338 e. The SMILES string of the molecule is C=CCOC(=O)C1=C(C)Nc2nc(SCC)nn2C1c1cccc(OCCC)c1. The van der Waals surface area contributed by atoms with E-state index >= 15 is 0 Å². The Hall–Kier alpha value is -2.74. The van der Waals surface area contributed by atoms with Crippen molar-refractivity contribution < 1.29 is 14.3 Å². The number of rotatable bonds is 9. The summed E-state index contributed by atoms with van der Waals surface area (Å²) in [6.45, 7) is 10.3. The number of esters is 1. The zero-order valence-electron chi connectivity index (χ0n) is 17.0. The summed E-state index contributed by atoms with van der Waals surface area (Å²) in [7, 11) is 0. The number of thioether (sulfide) groups is 1. The molecule has 1 atom stereocenters. The van der Waals surface area contributed by atoms with Crippen LogP contribution in [0.15, 0.2) is 53.3 Å². The molecule has 0 spiro atoms. The monoisotopic (exact) mass is 414 g/mol. The van der Waals surface area contributed by atoms with Crippen LogP contribution in [0.4, 0.5) is 5.95 Å². The Kier molecular flexibility index (Phi) is 6.98. The van der Waals surface area contributed by atoms with E-state index in [-0.39, 0.29) is 6.61 Å². The van der Waals surface area contributed by atoms with Crippen LogP contribution in [0.1, 0.15) is 38.8 Å². The highest BCUT2D eigenvalue weighted by atomic mass is 32.2. The average molecular weight is 415 g/mol. The van der Waals surface area contributed by atoms with Gasteiger partial charge < -0.3 is 14.8 Å². The third kappa shape index (κ3) is 4.64. The summed E-state index contributed by atoms with van der Waals surface area (Å²) < 4.78 is 12.9. The molecule has 2 aromatic rings. The van der Waals surface area contributed by atoms with Crippen LogP contribution in [0.5, 0.6) is 5.75 Å². The second-order valence-corrected chi connectivity index (χ2v) is 7.70. The highest BCUT2D eigenvalue weighted by Gasteiger charge is 2.35. The lowest BCUT2D eigenvalue weighted by atomic mass is 9.95. The second kappa shape index (κ2) is 9.65. The summed E-state index contributed by atoms with van der Waals surface area (Å²) >= 11 is 1.55. The largest absolute Gasteiger partial charge is 0.494 e. The summed E-state index contributed by atoms with van der Waals surface area (Å²) in [5.74, 6) is 1.80. The molecular formula is C21H26N4O3S. The Bertz CT molecular complexity index is 922. The molecular weight excluding hydrogens is 388 g/mol. The number of carbonyl (C=O) groups excluding carboxylic acids is 1. The van der Waals surface area contributed by atoms with Gasteiger partial charge in [0.15, 0.2) is 0 Å². The van der Waals surface area contributed by atoms with Crippen LogP contribution in [0, 0.1) is 0 Å². The Balaban J connectivity index is 2.07. The standard InChI is InChI=1S/C21H26N4O3S/c1-5-11-27-16-10-8-9-15(13-16)18-17(19(26)28-12-6-2)14(4)22-20-23-21(29-7-3)24-25(18)20/h6,8-10,13,18H,2,5,7,11-12H2,1,3-4H3,(H,22,23,24). The molecule has 0 saturated heterocycles. The van der Waals surface area contributed by atoms with Crippen LogP contribution in [-0.4, -0.2) is 39.7 Å². The molecule has 1 unspecified atom stereocenters. The zero-order chi connectivity index (χ0) is 20.8. The molecule has 1 aromatic heterocycles. The first-order chi connectivity index (χ1) is 14.1. The number of anilines is 1. The lowest BCUT2D eigenvalue weighted by molar-refractivity contribution is -0.138. The first-order valence-corrected chi connectivity index (χ1v) is 10.7. The molecule has 0 bridgehead atoms. The normalized spacial score (nSPS) is 15.5. The van der Waals surface area contributed by atoms with Crippen molar-refractivity contribution >= 4 is 23.7 Å². The first kappa shape index (κ1) is 21.0. The summed E-state index contributed by atoms with van der Waals surface area (Å²) in [5.41, 5.74) is 2.06. The van der Waals surface area contributed by atoms with Gasteiger partial charge in [-0.2, -0.15) is 4.98 Å². The van der Waals surface area contributed by atoms with Gasteiger partial charge in [0.05, 0.1) is 12.2 Å². The zero-order valence-corrected chi connectivity index (χ0v) is 17.8. The second-order valence-electron chi connectivity index (χ2n) is 6.47. The van der Waals surface area contributed by atoms with E-state index in [0.29, 0.717) is 29.0 Å². The molecule has 3 rings (SSSR count). The number of ether oxygens (including phenoxy) is 2. The van der Waals surface area contributed by atoms with Gasteiger partial charge in [0, 0.05) is 5.70 Å². The van der Waals surface area contributed by atoms with Crippen molar-refractivity contribution in [2.75, 3.05) is 24.3 Å². The van der Waals surface area contributed by atoms with Gasteiger partial charge in [-0.25, -0.2) is 9.48 Å². The lowest BCUT2D eigenvalue weighted by Gasteiger charge is -2.28. The van der Waals surface area contributed by atoms with Gasteiger partial charge in [-0.1, -0.05) is 50.4 Å². The van der Waals surface area contributed by atoms with E-state index in [0.717, 1.165) is 23.5 Å². The van der Waals surface area contributed by atoms with Crippen molar-refractivity contribution in [3.8, 4) is 5.75 Å². The van der Waals surface area contributed by atoms with E-state index in [4.69, 9.17) is 9.47 Å². The number of aromatic nitrogens is 3. The minimum Gasteiger partial charge on any atom is -0.494 e. The molecule has 1 N–H and O–H groups in total. The molecule has 0 radical (unpaired) electrons. The third-order valence-corrected chi connectivity index (χ3v) is 5.03. The Morgan fingerprint density at radius 3 is 2.97 bits per heavy atom. The third-order valence-electron chi connectivity index (χ3n) is 4.31. The maximum Gasteiger partial charge on any atom is 0.338 e. The lowest BCUT2D eigenvalue weighted by Crippen LogP contribution is -2.29. The fourth-order valence-electron chi connectivity index (χ4n) is 3.10. The van der Waals surface area contributed by atoms with E-state index in [2.05, 4.69) is 28.9 Å². The molecule has 8 heteroatoms. The highest BCUT2D eigenvalue weighted by molar-refractivity contribution is 7.99. The first-order valence-electron chi connectivity index (χ1n) is 9.66. The van der Waals surface area contributed by atoms with Crippen molar-refractivity contribution in [2.45, 2.75) is 38.4 Å². The molecule has 0 saturated carbocycles. The number of nitrogens with one attached hydrogen (secondary N) is 1. The van der Waals surface area contributed by atoms with Crippen molar-refractivity contribution in [3.63, 3.8) is 0 Å². The Morgan fingerprint density at radius 1 is 1.41 bits per heavy atom. The fourth-order valence-corrected chi connectivity index (χ4v) is 3.66. The van der Waals surface area contributed by atoms with Crippen molar-refractivity contribution in [3.05, 3.63) is 53.8 Å². The summed E-state index contributed by atoms with van der Waals surface area (Å²) in [6.07, 6.45) is 2.47. The number of carbonyl (C=O) groups is 1. The number of nitrogens with zero attached hydrogens (tertiary/aromatic N) is 3. The maximum atomic E-state index is 12.9. The summed E-state index contributed by atoms with van der Waals surface area (Å²) in [6, 6.07) is 7.27. The molecule has 7 nitrogen and oxygen atoms in total. The molecule has 0 amide bonds. The number of fused-ring (bicyclic) bond motifs is 1. The predicted octanol–water partition coefficient (Wildman–Crippen LogP) is 4.20. The van der Waals surface area contributed by atoms with E-state index < -0.39 is 12.0 Å². The van der Waals surface area contributed by atoms with Crippen LogP contribution >= 0.6 is 11.8 Å². The average Bonchev–Trinajstić information content (AvgIpc) is 3.11. The van der Waals surface area contributed by atoms with Gasteiger partial charge in [0.1, 0.15) is 18.4 Å². The van der Waals surface area contributed by atoms with Crippen LogP contribution in [0.25, 0.3) is 0 Å². The number of hydrogen-bond donors (Lipinski definition) is 1. The van der Waals surface area contributed by atoms with Gasteiger partial charge in [0.25, 0.3) is 0 Å². The van der Waals surface area contributed by atoms with Gasteiger partial charge in [-0.05, 0) is 36.8 Å². The highest BCUT2D eigenvalue weighted by Crippen LogP contribution is 2.37. The minimum absolute atomic E-state index is 0.142. The van der Waals surface area contributed by atoms with Crippen molar-refractivity contribution in [1.82, 2.24) is 14.8 Å². The van der Waals surface area contributed by atoms with Gasteiger partial charge in [-0.15, -0.1) is 5.10 Å². The van der Waals surface area contributed by atoms with Crippen LogP contribution in [0.2, 0.25) is 0 Å². The Morgan fingerprint density at radius 2 is 2.24 bits per heavy atom. The number of allylic oxidation sites excluding steroid dienone is 1. The topological polar surface area (TPSA) is 78.3 Å². The molecule has 1 aromatic carbocycles. The predicted molar refractivity (Wildman–Crippen MR) is 114 cm³/mol. The minimum atomic E-state index is -0.465. The molecule has 29 heavy (non-hydrogen) atoms. The quantitative estimate of drug-likeness (QED) is 0.374. The van der Waals surface area contributed by atoms with E-state index in [9.17, 15) is 4.79 Å².